The Bertz CT molecular complexity index is 728. The van der Waals surface area contributed by atoms with Gasteiger partial charge in [-0.15, -0.1) is 0 Å². The minimum absolute atomic E-state index is 0.0265. The van der Waals surface area contributed by atoms with Gasteiger partial charge in [0.15, 0.2) is 0 Å². The van der Waals surface area contributed by atoms with Crippen molar-refractivity contribution in [1.82, 2.24) is 15.1 Å². The molecule has 2 rings (SSSR count). The molecule has 1 aromatic heterocycles. The summed E-state index contributed by atoms with van der Waals surface area (Å²) in [6.07, 6.45) is 1.11. The van der Waals surface area contributed by atoms with Gasteiger partial charge in [0.2, 0.25) is 0 Å². The molecule has 0 aliphatic rings. The summed E-state index contributed by atoms with van der Waals surface area (Å²) in [5.74, 6) is -0.855. The fourth-order valence-corrected chi connectivity index (χ4v) is 2.09. The summed E-state index contributed by atoms with van der Waals surface area (Å²) in [5.41, 5.74) is 0.0225. The third-order valence-electron chi connectivity index (χ3n) is 3.41. The molecule has 6 nitrogen and oxygen atoms in total. The van der Waals surface area contributed by atoms with Crippen LogP contribution in [0.4, 0.5) is 4.39 Å². The van der Waals surface area contributed by atoms with Crippen LogP contribution in [0.3, 0.4) is 0 Å². The molecule has 1 amide bonds. The van der Waals surface area contributed by atoms with Crippen LogP contribution in [-0.2, 0) is 0 Å². The Morgan fingerprint density at radius 1 is 1.30 bits per heavy atom. The lowest BCUT2D eigenvalue weighted by atomic mass is 10.1. The second-order valence-corrected chi connectivity index (χ2v) is 5.04. The average Bonchev–Trinajstić information content (AvgIpc) is 2.55. The van der Waals surface area contributed by atoms with Crippen LogP contribution in [0.1, 0.15) is 30.3 Å². The van der Waals surface area contributed by atoms with Crippen molar-refractivity contribution in [1.29, 1.82) is 0 Å². The zero-order valence-corrected chi connectivity index (χ0v) is 12.7. The number of hydrogen-bond acceptors (Lipinski definition) is 4. The fraction of sp³-hybridized carbons (Fsp3) is 0.312. The standard InChI is InChI=1S/C16H18FN3O3/c1-2-12(9-10-21)18-16(23)14-7-8-15(22)20(19-14)13-5-3-11(17)4-6-13/h3-8,12,21H,2,9-10H2,1H3,(H,18,23). The number of rotatable bonds is 6. The number of aromatic nitrogens is 2. The Hall–Kier alpha value is -2.54. The number of carbonyl (C=O) groups excluding carboxylic acids is 1. The molecule has 122 valence electrons. The summed E-state index contributed by atoms with van der Waals surface area (Å²) in [6.45, 7) is 1.87. The topological polar surface area (TPSA) is 84.2 Å². The zero-order chi connectivity index (χ0) is 16.8. The maximum Gasteiger partial charge on any atom is 0.271 e. The van der Waals surface area contributed by atoms with Crippen molar-refractivity contribution in [3.8, 4) is 5.69 Å². The van der Waals surface area contributed by atoms with Gasteiger partial charge in [0.1, 0.15) is 11.5 Å². The molecule has 2 N–H and O–H groups in total. The van der Waals surface area contributed by atoms with Crippen LogP contribution in [0.2, 0.25) is 0 Å². The number of aliphatic hydroxyl groups is 1. The second kappa shape index (κ2) is 7.64. The average molecular weight is 319 g/mol. The Morgan fingerprint density at radius 3 is 2.61 bits per heavy atom. The van der Waals surface area contributed by atoms with Crippen LogP contribution < -0.4 is 10.9 Å². The Morgan fingerprint density at radius 2 is 2.00 bits per heavy atom. The summed E-state index contributed by atoms with van der Waals surface area (Å²) in [7, 11) is 0. The van der Waals surface area contributed by atoms with E-state index in [0.717, 1.165) is 4.68 Å². The van der Waals surface area contributed by atoms with Crippen molar-refractivity contribution in [2.75, 3.05) is 6.61 Å². The van der Waals surface area contributed by atoms with E-state index in [9.17, 15) is 14.0 Å². The molecule has 0 spiro atoms. The van der Waals surface area contributed by atoms with Crippen molar-refractivity contribution in [2.24, 2.45) is 0 Å². The van der Waals surface area contributed by atoms with Gasteiger partial charge in [0.25, 0.3) is 11.5 Å². The molecule has 0 aliphatic carbocycles. The minimum Gasteiger partial charge on any atom is -0.396 e. The maximum absolute atomic E-state index is 13.0. The summed E-state index contributed by atoms with van der Waals surface area (Å²) < 4.78 is 14.0. The van der Waals surface area contributed by atoms with Gasteiger partial charge in [-0.3, -0.25) is 9.59 Å². The van der Waals surface area contributed by atoms with Gasteiger partial charge in [-0.25, -0.2) is 4.39 Å². The van der Waals surface area contributed by atoms with E-state index >= 15 is 0 Å². The number of nitrogens with zero attached hydrogens (tertiary/aromatic N) is 2. The molecule has 1 aromatic carbocycles. The number of halogens is 1. The molecule has 0 radical (unpaired) electrons. The Balaban J connectivity index is 2.27. The summed E-state index contributed by atoms with van der Waals surface area (Å²) >= 11 is 0. The first-order chi connectivity index (χ1) is 11.0. The van der Waals surface area contributed by atoms with Gasteiger partial charge < -0.3 is 10.4 Å². The highest BCUT2D eigenvalue weighted by Gasteiger charge is 2.14. The Labute approximate surface area is 132 Å². The highest BCUT2D eigenvalue weighted by Crippen LogP contribution is 2.06. The van der Waals surface area contributed by atoms with E-state index in [-0.39, 0.29) is 18.3 Å². The third-order valence-corrected chi connectivity index (χ3v) is 3.41. The number of amides is 1. The van der Waals surface area contributed by atoms with E-state index in [1.165, 1.54) is 36.4 Å². The van der Waals surface area contributed by atoms with E-state index in [4.69, 9.17) is 5.11 Å². The number of benzene rings is 1. The van der Waals surface area contributed by atoms with Crippen LogP contribution in [0.25, 0.3) is 5.69 Å². The molecule has 0 saturated carbocycles. The number of hydrogen-bond donors (Lipinski definition) is 2. The van der Waals surface area contributed by atoms with Crippen LogP contribution in [0.15, 0.2) is 41.2 Å². The number of nitrogens with one attached hydrogen (secondary N) is 1. The molecule has 1 atom stereocenters. The number of aliphatic hydroxyl groups excluding tert-OH is 1. The van der Waals surface area contributed by atoms with Gasteiger partial charge in [0, 0.05) is 18.7 Å². The highest BCUT2D eigenvalue weighted by molar-refractivity contribution is 5.92. The quantitative estimate of drug-likeness (QED) is 0.839. The first kappa shape index (κ1) is 16.8. The zero-order valence-electron chi connectivity index (χ0n) is 12.7. The largest absolute Gasteiger partial charge is 0.396 e. The lowest BCUT2D eigenvalue weighted by molar-refractivity contribution is 0.0922. The molecule has 0 aliphatic heterocycles. The molecule has 23 heavy (non-hydrogen) atoms. The first-order valence-electron chi connectivity index (χ1n) is 7.33. The van der Waals surface area contributed by atoms with Crippen LogP contribution in [0.5, 0.6) is 0 Å². The van der Waals surface area contributed by atoms with Gasteiger partial charge in [-0.1, -0.05) is 6.92 Å². The maximum atomic E-state index is 13.0. The van der Waals surface area contributed by atoms with Crippen molar-refractivity contribution >= 4 is 5.91 Å². The van der Waals surface area contributed by atoms with Crippen LogP contribution in [0, 0.1) is 5.82 Å². The van der Waals surface area contributed by atoms with Gasteiger partial charge in [-0.05, 0) is 43.2 Å². The van der Waals surface area contributed by atoms with Crippen LogP contribution in [-0.4, -0.2) is 33.4 Å². The first-order valence-corrected chi connectivity index (χ1v) is 7.33. The summed E-state index contributed by atoms with van der Waals surface area (Å²) in [6, 6.07) is 7.65. The molecule has 2 aromatic rings. The molecular weight excluding hydrogens is 301 g/mol. The van der Waals surface area contributed by atoms with E-state index < -0.39 is 17.3 Å². The van der Waals surface area contributed by atoms with Crippen molar-refractivity contribution < 1.29 is 14.3 Å². The smallest absolute Gasteiger partial charge is 0.271 e. The summed E-state index contributed by atoms with van der Waals surface area (Å²) in [4.78, 5) is 24.1. The van der Waals surface area contributed by atoms with Crippen molar-refractivity contribution in [3.63, 3.8) is 0 Å². The second-order valence-electron chi connectivity index (χ2n) is 5.04. The lowest BCUT2D eigenvalue weighted by Gasteiger charge is -2.15. The van der Waals surface area contributed by atoms with E-state index in [2.05, 4.69) is 10.4 Å². The SMILES string of the molecule is CCC(CCO)NC(=O)c1ccc(=O)n(-c2ccc(F)cc2)n1. The summed E-state index contributed by atoms with van der Waals surface area (Å²) in [5, 5.41) is 15.7. The molecule has 0 fully saturated rings. The number of carbonyl (C=O) groups is 1. The monoisotopic (exact) mass is 319 g/mol. The minimum atomic E-state index is -0.429. The molecule has 1 heterocycles. The predicted molar refractivity (Wildman–Crippen MR) is 83.0 cm³/mol. The molecular formula is C16H18FN3O3. The van der Waals surface area contributed by atoms with Gasteiger partial charge in [0.05, 0.1) is 5.69 Å². The lowest BCUT2D eigenvalue weighted by Crippen LogP contribution is -2.36. The van der Waals surface area contributed by atoms with E-state index in [1.54, 1.807) is 0 Å². The molecule has 7 heteroatoms. The molecule has 0 saturated heterocycles. The van der Waals surface area contributed by atoms with E-state index in [0.29, 0.717) is 18.5 Å². The molecule has 0 bridgehead atoms. The van der Waals surface area contributed by atoms with Crippen molar-refractivity contribution in [3.05, 3.63) is 58.3 Å². The third kappa shape index (κ3) is 4.23. The van der Waals surface area contributed by atoms with Gasteiger partial charge in [-0.2, -0.15) is 9.78 Å². The van der Waals surface area contributed by atoms with Crippen molar-refractivity contribution in [2.45, 2.75) is 25.8 Å². The van der Waals surface area contributed by atoms with Gasteiger partial charge >= 0.3 is 0 Å². The fourth-order valence-electron chi connectivity index (χ4n) is 2.09. The van der Waals surface area contributed by atoms with E-state index in [1.807, 2.05) is 6.92 Å². The highest BCUT2D eigenvalue weighted by atomic mass is 19.1. The normalized spacial score (nSPS) is 12.0. The Kier molecular flexibility index (Phi) is 5.59. The molecule has 1 unspecified atom stereocenters. The predicted octanol–water partition coefficient (Wildman–Crippen LogP) is 1.26. The van der Waals surface area contributed by atoms with Crippen LogP contribution >= 0.6 is 0 Å².